The number of anilines is 1. The first-order valence-electron chi connectivity index (χ1n) is 6.19. The summed E-state index contributed by atoms with van der Waals surface area (Å²) in [6.45, 7) is 2.96. The zero-order valence-electron chi connectivity index (χ0n) is 10.9. The molecule has 0 unspecified atom stereocenters. The third-order valence-electron chi connectivity index (χ3n) is 2.96. The smallest absolute Gasteiger partial charge is 0.268 e. The Balaban J connectivity index is 1.95. The zero-order valence-corrected chi connectivity index (χ0v) is 10.9. The van der Waals surface area contributed by atoms with Crippen molar-refractivity contribution in [2.24, 2.45) is 5.16 Å². The van der Waals surface area contributed by atoms with E-state index in [1.165, 1.54) is 13.3 Å². The van der Waals surface area contributed by atoms with E-state index >= 15 is 0 Å². The number of amides is 1. The van der Waals surface area contributed by atoms with E-state index in [9.17, 15) is 4.79 Å². The molecule has 7 nitrogen and oxygen atoms in total. The second-order valence-corrected chi connectivity index (χ2v) is 4.16. The van der Waals surface area contributed by atoms with E-state index in [0.717, 1.165) is 25.3 Å². The standard InChI is InChI=1S/C12H17N5O2/c1-19-14-10-12(18)17-7-3-6-16(8-9-17)11-4-2-5-13-15-11/h2,4-5,10H,3,6-9H2,1H3/b14-10+. The number of carbonyl (C=O) groups is 1. The summed E-state index contributed by atoms with van der Waals surface area (Å²) in [7, 11) is 1.42. The normalized spacial score (nSPS) is 16.5. The minimum absolute atomic E-state index is 0.122. The maximum atomic E-state index is 11.8. The van der Waals surface area contributed by atoms with Crippen LogP contribution in [0.5, 0.6) is 0 Å². The molecule has 0 aliphatic carbocycles. The van der Waals surface area contributed by atoms with Crippen molar-refractivity contribution in [1.29, 1.82) is 0 Å². The van der Waals surface area contributed by atoms with Gasteiger partial charge < -0.3 is 14.6 Å². The Hall–Kier alpha value is -2.18. The molecule has 1 aliphatic rings. The summed E-state index contributed by atoms with van der Waals surface area (Å²) in [6.07, 6.45) is 3.75. The highest BCUT2D eigenvalue weighted by Gasteiger charge is 2.18. The van der Waals surface area contributed by atoms with Gasteiger partial charge in [0.1, 0.15) is 13.3 Å². The number of carbonyl (C=O) groups excluding carboxylic acids is 1. The molecular weight excluding hydrogens is 246 g/mol. The Labute approximate surface area is 111 Å². The fraction of sp³-hybridized carbons (Fsp3) is 0.500. The lowest BCUT2D eigenvalue weighted by Crippen LogP contribution is -2.36. The highest BCUT2D eigenvalue weighted by molar-refractivity contribution is 6.25. The molecule has 1 aliphatic heterocycles. The van der Waals surface area contributed by atoms with Crippen LogP contribution in [-0.2, 0) is 9.63 Å². The van der Waals surface area contributed by atoms with E-state index in [0.29, 0.717) is 13.1 Å². The topological polar surface area (TPSA) is 70.9 Å². The molecule has 19 heavy (non-hydrogen) atoms. The van der Waals surface area contributed by atoms with Gasteiger partial charge in [-0.2, -0.15) is 5.10 Å². The molecule has 0 N–H and O–H groups in total. The predicted octanol–water partition coefficient (Wildman–Crippen LogP) is 0.147. The van der Waals surface area contributed by atoms with Crippen molar-refractivity contribution in [1.82, 2.24) is 15.1 Å². The summed E-state index contributed by atoms with van der Waals surface area (Å²) < 4.78 is 0. The van der Waals surface area contributed by atoms with E-state index < -0.39 is 0 Å². The Kier molecular flexibility index (Phi) is 4.66. The summed E-state index contributed by atoms with van der Waals surface area (Å²) >= 11 is 0. The quantitative estimate of drug-likeness (QED) is 0.573. The van der Waals surface area contributed by atoms with Crippen molar-refractivity contribution >= 4 is 17.9 Å². The number of nitrogens with zero attached hydrogens (tertiary/aromatic N) is 5. The average Bonchev–Trinajstić information content (AvgIpc) is 2.71. The molecule has 1 aromatic rings. The molecule has 0 saturated carbocycles. The fourth-order valence-corrected chi connectivity index (χ4v) is 2.01. The van der Waals surface area contributed by atoms with Crippen LogP contribution >= 0.6 is 0 Å². The van der Waals surface area contributed by atoms with Crippen LogP contribution in [0.15, 0.2) is 23.5 Å². The Morgan fingerprint density at radius 3 is 3.05 bits per heavy atom. The number of hydrogen-bond acceptors (Lipinski definition) is 6. The summed E-state index contributed by atoms with van der Waals surface area (Å²) in [5.74, 6) is 0.727. The molecule has 0 atom stereocenters. The van der Waals surface area contributed by atoms with E-state index in [1.807, 2.05) is 12.1 Å². The van der Waals surface area contributed by atoms with Crippen molar-refractivity contribution in [3.8, 4) is 0 Å². The largest absolute Gasteiger partial charge is 0.399 e. The van der Waals surface area contributed by atoms with Crippen LogP contribution in [0.25, 0.3) is 0 Å². The summed E-state index contributed by atoms with van der Waals surface area (Å²) in [4.78, 5) is 20.2. The van der Waals surface area contributed by atoms with Gasteiger partial charge in [0.15, 0.2) is 5.82 Å². The van der Waals surface area contributed by atoms with Crippen LogP contribution in [0, 0.1) is 0 Å². The van der Waals surface area contributed by atoms with Crippen LogP contribution in [0.3, 0.4) is 0 Å². The second kappa shape index (κ2) is 6.67. The lowest BCUT2D eigenvalue weighted by Gasteiger charge is -2.21. The van der Waals surface area contributed by atoms with Gasteiger partial charge >= 0.3 is 0 Å². The Bertz CT molecular complexity index is 437. The molecular formula is C12H17N5O2. The molecule has 0 aromatic carbocycles. The average molecular weight is 263 g/mol. The number of aromatic nitrogens is 2. The lowest BCUT2D eigenvalue weighted by atomic mass is 10.3. The third kappa shape index (κ3) is 3.64. The first kappa shape index (κ1) is 13.3. The molecule has 0 spiro atoms. The van der Waals surface area contributed by atoms with Gasteiger partial charge in [0.2, 0.25) is 0 Å². The SMILES string of the molecule is CO/N=C/C(=O)N1CCCN(c2cccnn2)CC1. The predicted molar refractivity (Wildman–Crippen MR) is 70.9 cm³/mol. The van der Waals surface area contributed by atoms with Gasteiger partial charge in [0.05, 0.1) is 0 Å². The van der Waals surface area contributed by atoms with Gasteiger partial charge in [-0.3, -0.25) is 4.79 Å². The van der Waals surface area contributed by atoms with Crippen LogP contribution in [0.4, 0.5) is 5.82 Å². The summed E-state index contributed by atoms with van der Waals surface area (Å²) in [5, 5.41) is 11.5. The Morgan fingerprint density at radius 1 is 1.42 bits per heavy atom. The van der Waals surface area contributed by atoms with Gasteiger partial charge in [0, 0.05) is 32.4 Å². The maximum absolute atomic E-state index is 11.8. The van der Waals surface area contributed by atoms with E-state index in [4.69, 9.17) is 0 Å². The molecule has 0 bridgehead atoms. The molecule has 7 heteroatoms. The summed E-state index contributed by atoms with van der Waals surface area (Å²) in [5.41, 5.74) is 0. The first-order chi connectivity index (χ1) is 9.31. The molecule has 2 heterocycles. The number of rotatable bonds is 3. The van der Waals surface area contributed by atoms with Crippen molar-refractivity contribution in [3.05, 3.63) is 18.3 Å². The van der Waals surface area contributed by atoms with E-state index in [1.54, 1.807) is 11.1 Å². The molecule has 2 rings (SSSR count). The van der Waals surface area contributed by atoms with E-state index in [2.05, 4.69) is 25.1 Å². The fourth-order valence-electron chi connectivity index (χ4n) is 2.01. The highest BCUT2D eigenvalue weighted by atomic mass is 16.6. The van der Waals surface area contributed by atoms with Crippen LogP contribution in [0.1, 0.15) is 6.42 Å². The third-order valence-corrected chi connectivity index (χ3v) is 2.96. The number of oxime groups is 1. The van der Waals surface area contributed by atoms with Crippen molar-refractivity contribution < 1.29 is 9.63 Å². The monoisotopic (exact) mass is 263 g/mol. The van der Waals surface area contributed by atoms with Crippen molar-refractivity contribution in [2.75, 3.05) is 38.2 Å². The van der Waals surface area contributed by atoms with Gasteiger partial charge in [0.25, 0.3) is 5.91 Å². The molecule has 1 fully saturated rings. The van der Waals surface area contributed by atoms with E-state index in [-0.39, 0.29) is 5.91 Å². The first-order valence-corrected chi connectivity index (χ1v) is 6.19. The molecule has 1 saturated heterocycles. The second-order valence-electron chi connectivity index (χ2n) is 4.16. The van der Waals surface area contributed by atoms with Crippen molar-refractivity contribution in [3.63, 3.8) is 0 Å². The summed E-state index contributed by atoms with van der Waals surface area (Å²) in [6, 6.07) is 3.79. The Morgan fingerprint density at radius 2 is 2.32 bits per heavy atom. The molecule has 0 radical (unpaired) electrons. The minimum atomic E-state index is -0.122. The number of hydrogen-bond donors (Lipinski definition) is 0. The van der Waals surface area contributed by atoms with Gasteiger partial charge in [-0.25, -0.2) is 0 Å². The molecule has 1 amide bonds. The zero-order chi connectivity index (χ0) is 13.5. The molecule has 1 aromatic heterocycles. The maximum Gasteiger partial charge on any atom is 0.268 e. The molecule has 102 valence electrons. The lowest BCUT2D eigenvalue weighted by molar-refractivity contribution is -0.123. The minimum Gasteiger partial charge on any atom is -0.399 e. The van der Waals surface area contributed by atoms with Gasteiger partial charge in [-0.15, -0.1) is 5.10 Å². The van der Waals surface area contributed by atoms with Gasteiger partial charge in [-0.05, 0) is 18.6 Å². The van der Waals surface area contributed by atoms with Crippen molar-refractivity contribution in [2.45, 2.75) is 6.42 Å². The van der Waals surface area contributed by atoms with Crippen LogP contribution in [-0.4, -0.2) is 60.5 Å². The van der Waals surface area contributed by atoms with Crippen LogP contribution in [0.2, 0.25) is 0 Å². The van der Waals surface area contributed by atoms with Gasteiger partial charge in [-0.1, -0.05) is 5.16 Å². The van der Waals surface area contributed by atoms with Crippen LogP contribution < -0.4 is 4.90 Å². The highest BCUT2D eigenvalue weighted by Crippen LogP contribution is 2.11.